The van der Waals surface area contributed by atoms with Crippen LogP contribution in [0.25, 0.3) is 0 Å². The van der Waals surface area contributed by atoms with Crippen molar-refractivity contribution in [3.63, 3.8) is 0 Å². The van der Waals surface area contributed by atoms with Gasteiger partial charge in [0.25, 0.3) is 0 Å². The lowest BCUT2D eigenvalue weighted by atomic mass is 9.92. The van der Waals surface area contributed by atoms with Gasteiger partial charge < -0.3 is 20.6 Å². The van der Waals surface area contributed by atoms with E-state index in [0.717, 1.165) is 12.8 Å². The van der Waals surface area contributed by atoms with Gasteiger partial charge in [0.05, 0.1) is 6.10 Å². The number of carbonyl (C=O) groups excluding carboxylic acids is 1. The summed E-state index contributed by atoms with van der Waals surface area (Å²) in [7, 11) is 1.65. The normalized spacial score (nSPS) is 23.2. The van der Waals surface area contributed by atoms with Crippen LogP contribution in [-0.2, 0) is 9.53 Å². The summed E-state index contributed by atoms with van der Waals surface area (Å²) in [5.74, 6) is -0.668. The van der Waals surface area contributed by atoms with E-state index in [1.54, 1.807) is 12.0 Å². The number of amidine groups is 1. The van der Waals surface area contributed by atoms with Crippen molar-refractivity contribution in [1.29, 1.82) is 0 Å². The minimum atomic E-state index is -0.564. The monoisotopic (exact) mass is 257 g/mol. The van der Waals surface area contributed by atoms with E-state index in [1.165, 1.54) is 0 Å². The maximum atomic E-state index is 12.4. The summed E-state index contributed by atoms with van der Waals surface area (Å²) in [5, 5.41) is 11.7. The first kappa shape index (κ1) is 14.8. The maximum absolute atomic E-state index is 12.4. The Bertz CT molecular complexity index is 318. The number of ether oxygens (including phenoxy) is 1. The maximum Gasteiger partial charge on any atom is 0.233 e. The van der Waals surface area contributed by atoms with Crippen LogP contribution >= 0.6 is 0 Å². The van der Waals surface area contributed by atoms with Gasteiger partial charge in [0.15, 0.2) is 5.84 Å². The van der Waals surface area contributed by atoms with Crippen molar-refractivity contribution in [2.24, 2.45) is 22.7 Å². The molecule has 6 heteroatoms. The Labute approximate surface area is 108 Å². The summed E-state index contributed by atoms with van der Waals surface area (Å²) in [4.78, 5) is 14.2. The van der Waals surface area contributed by atoms with E-state index in [1.807, 2.05) is 13.8 Å². The first-order chi connectivity index (χ1) is 8.51. The predicted octanol–water partition coefficient (Wildman–Crippen LogP) is 0.642. The molecule has 3 N–H and O–H groups in total. The van der Waals surface area contributed by atoms with Gasteiger partial charge in [-0.25, -0.2) is 0 Å². The minimum absolute atomic E-state index is 0.00341. The molecule has 0 aromatic carbocycles. The molecule has 2 atom stereocenters. The number of piperidine rings is 1. The Morgan fingerprint density at radius 1 is 1.56 bits per heavy atom. The van der Waals surface area contributed by atoms with Gasteiger partial charge in [-0.05, 0) is 18.8 Å². The number of likely N-dealkylation sites (tertiary alicyclic amines) is 1. The average molecular weight is 257 g/mol. The first-order valence-electron chi connectivity index (χ1n) is 6.30. The number of methoxy groups -OCH3 is 1. The SMILES string of the molecule is COC1CCCN(C(=O)C(C(N)=NO)C(C)C)C1. The fourth-order valence-electron chi connectivity index (χ4n) is 2.34. The Hall–Kier alpha value is -1.30. The molecule has 2 unspecified atom stereocenters. The van der Waals surface area contributed by atoms with Crippen molar-refractivity contribution < 1.29 is 14.7 Å². The Balaban J connectivity index is 2.77. The van der Waals surface area contributed by atoms with E-state index >= 15 is 0 Å². The second kappa shape index (κ2) is 6.58. The lowest BCUT2D eigenvalue weighted by Crippen LogP contribution is -2.49. The molecule has 1 aliphatic heterocycles. The third-order valence-electron chi connectivity index (χ3n) is 3.39. The third kappa shape index (κ3) is 3.35. The highest BCUT2D eigenvalue weighted by molar-refractivity contribution is 6.02. The molecule has 104 valence electrons. The Kier molecular flexibility index (Phi) is 5.40. The average Bonchev–Trinajstić information content (AvgIpc) is 2.38. The molecule has 6 nitrogen and oxygen atoms in total. The number of nitrogens with two attached hydrogens (primary N) is 1. The fourth-order valence-corrected chi connectivity index (χ4v) is 2.34. The lowest BCUT2D eigenvalue weighted by molar-refractivity contribution is -0.138. The number of carbonyl (C=O) groups is 1. The molecule has 1 rings (SSSR count). The van der Waals surface area contributed by atoms with Crippen molar-refractivity contribution in [2.45, 2.75) is 32.8 Å². The fraction of sp³-hybridized carbons (Fsp3) is 0.833. The van der Waals surface area contributed by atoms with Crippen molar-refractivity contribution >= 4 is 11.7 Å². The zero-order chi connectivity index (χ0) is 13.7. The van der Waals surface area contributed by atoms with Gasteiger partial charge >= 0.3 is 0 Å². The van der Waals surface area contributed by atoms with Gasteiger partial charge in [0.2, 0.25) is 5.91 Å². The molecule has 18 heavy (non-hydrogen) atoms. The van der Waals surface area contributed by atoms with Crippen molar-refractivity contribution in [2.75, 3.05) is 20.2 Å². The van der Waals surface area contributed by atoms with Crippen LogP contribution in [0.4, 0.5) is 0 Å². The number of hydrogen-bond donors (Lipinski definition) is 2. The molecule has 1 saturated heterocycles. The molecule has 0 spiro atoms. The molecule has 0 aromatic rings. The molecular weight excluding hydrogens is 234 g/mol. The van der Waals surface area contributed by atoms with E-state index in [0.29, 0.717) is 13.1 Å². The van der Waals surface area contributed by atoms with Gasteiger partial charge in [0.1, 0.15) is 5.92 Å². The van der Waals surface area contributed by atoms with Crippen LogP contribution in [0.2, 0.25) is 0 Å². The third-order valence-corrected chi connectivity index (χ3v) is 3.39. The lowest BCUT2D eigenvalue weighted by Gasteiger charge is -2.34. The van der Waals surface area contributed by atoms with E-state index in [-0.39, 0.29) is 23.8 Å². The number of amides is 1. The Morgan fingerprint density at radius 2 is 2.22 bits per heavy atom. The van der Waals surface area contributed by atoms with E-state index in [9.17, 15) is 4.79 Å². The summed E-state index contributed by atoms with van der Waals surface area (Å²) >= 11 is 0. The molecule has 0 bridgehead atoms. The van der Waals surface area contributed by atoms with Gasteiger partial charge in [-0.2, -0.15) is 0 Å². The number of oxime groups is 1. The zero-order valence-corrected chi connectivity index (χ0v) is 11.3. The highest BCUT2D eigenvalue weighted by atomic mass is 16.5. The number of rotatable bonds is 4. The molecule has 0 radical (unpaired) electrons. The first-order valence-corrected chi connectivity index (χ1v) is 6.30. The largest absolute Gasteiger partial charge is 0.409 e. The summed E-state index contributed by atoms with van der Waals surface area (Å²) in [6, 6.07) is 0. The minimum Gasteiger partial charge on any atom is -0.409 e. The quantitative estimate of drug-likeness (QED) is 0.335. The Morgan fingerprint density at radius 3 is 2.72 bits per heavy atom. The molecule has 1 fully saturated rings. The van der Waals surface area contributed by atoms with E-state index in [4.69, 9.17) is 15.7 Å². The molecule has 0 saturated carbocycles. The highest BCUT2D eigenvalue weighted by Crippen LogP contribution is 2.19. The van der Waals surface area contributed by atoms with Crippen LogP contribution in [0.5, 0.6) is 0 Å². The molecule has 0 aromatic heterocycles. The zero-order valence-electron chi connectivity index (χ0n) is 11.3. The van der Waals surface area contributed by atoms with Crippen LogP contribution in [0.3, 0.4) is 0 Å². The number of nitrogens with zero attached hydrogens (tertiary/aromatic N) is 2. The van der Waals surface area contributed by atoms with E-state index < -0.39 is 5.92 Å². The van der Waals surface area contributed by atoms with Crippen LogP contribution in [-0.4, -0.2) is 48.2 Å². The van der Waals surface area contributed by atoms with Crippen molar-refractivity contribution in [3.05, 3.63) is 0 Å². The van der Waals surface area contributed by atoms with Gasteiger partial charge in [-0.15, -0.1) is 0 Å². The molecule has 1 heterocycles. The van der Waals surface area contributed by atoms with Crippen LogP contribution in [0.1, 0.15) is 26.7 Å². The van der Waals surface area contributed by atoms with Gasteiger partial charge in [0, 0.05) is 20.2 Å². The second-order valence-corrected chi connectivity index (χ2v) is 5.03. The summed E-state index contributed by atoms with van der Waals surface area (Å²) in [5.41, 5.74) is 5.61. The van der Waals surface area contributed by atoms with Crippen LogP contribution < -0.4 is 5.73 Å². The number of hydrogen-bond acceptors (Lipinski definition) is 4. The van der Waals surface area contributed by atoms with Crippen LogP contribution in [0, 0.1) is 11.8 Å². The van der Waals surface area contributed by atoms with Crippen LogP contribution in [0.15, 0.2) is 5.16 Å². The molecule has 1 aliphatic rings. The second-order valence-electron chi connectivity index (χ2n) is 5.03. The summed E-state index contributed by atoms with van der Waals surface area (Å²) < 4.78 is 5.29. The van der Waals surface area contributed by atoms with Crippen molar-refractivity contribution in [3.8, 4) is 0 Å². The van der Waals surface area contributed by atoms with Gasteiger partial charge in [-0.3, -0.25) is 4.79 Å². The van der Waals surface area contributed by atoms with E-state index in [2.05, 4.69) is 5.16 Å². The molecular formula is C12H23N3O3. The molecule has 1 amide bonds. The smallest absolute Gasteiger partial charge is 0.233 e. The molecule has 0 aliphatic carbocycles. The highest BCUT2D eigenvalue weighted by Gasteiger charge is 2.33. The predicted molar refractivity (Wildman–Crippen MR) is 68.3 cm³/mol. The topological polar surface area (TPSA) is 88.2 Å². The summed E-state index contributed by atoms with van der Waals surface area (Å²) in [6.07, 6.45) is 1.98. The summed E-state index contributed by atoms with van der Waals surface area (Å²) in [6.45, 7) is 5.06. The van der Waals surface area contributed by atoms with Crippen molar-refractivity contribution in [1.82, 2.24) is 4.90 Å². The standard InChI is InChI=1S/C12H23N3O3/c1-8(2)10(11(13)14-17)12(16)15-6-4-5-9(7-15)18-3/h8-10,17H,4-7H2,1-3H3,(H2,13,14). The van der Waals surface area contributed by atoms with Gasteiger partial charge in [-0.1, -0.05) is 19.0 Å².